The molecule has 1 rings (SSSR count). The number of nitrogen functional groups attached to an aromatic ring is 1. The van der Waals surface area contributed by atoms with E-state index in [1.165, 1.54) is 12.1 Å². The number of hydrogen-bond donors (Lipinski definition) is 3. The number of anilines is 1. The third-order valence-electron chi connectivity index (χ3n) is 2.92. The minimum atomic E-state index is -3.93. The van der Waals surface area contributed by atoms with Crippen molar-refractivity contribution in [3.8, 4) is 0 Å². The van der Waals surface area contributed by atoms with Crippen LogP contribution in [0.5, 0.6) is 0 Å². The summed E-state index contributed by atoms with van der Waals surface area (Å²) in [6.45, 7) is 5.06. The van der Waals surface area contributed by atoms with E-state index in [2.05, 4.69) is 4.72 Å². The number of rotatable bonds is 5. The molecule has 1 unspecified atom stereocenters. The van der Waals surface area contributed by atoms with Gasteiger partial charge in [0.05, 0.1) is 4.90 Å². The monoisotopic (exact) mass is 319 g/mol. The molecule has 6 nitrogen and oxygen atoms in total. The normalized spacial score (nSPS) is 13.4. The van der Waals surface area contributed by atoms with Gasteiger partial charge in [-0.15, -0.1) is 0 Å². The Morgan fingerprint density at radius 3 is 2.30 bits per heavy atom. The van der Waals surface area contributed by atoms with Crippen LogP contribution in [-0.4, -0.2) is 20.4 Å². The smallest absolute Gasteiger partial charge is 0.241 e. The third-order valence-corrected chi connectivity index (χ3v) is 4.74. The lowest BCUT2D eigenvalue weighted by Crippen LogP contribution is -2.47. The number of nitrogens with one attached hydrogen (secondary N) is 1. The van der Waals surface area contributed by atoms with Crippen molar-refractivity contribution < 1.29 is 13.2 Å². The molecule has 0 spiro atoms. The van der Waals surface area contributed by atoms with Crippen molar-refractivity contribution in [1.29, 1.82) is 0 Å². The number of nitrogens with two attached hydrogens (primary N) is 2. The molecule has 0 saturated carbocycles. The lowest BCUT2D eigenvalue weighted by molar-refractivity contribution is -0.120. The highest BCUT2D eigenvalue weighted by Gasteiger charge is 2.27. The summed E-state index contributed by atoms with van der Waals surface area (Å²) in [6.07, 6.45) is 0. The molecule has 8 heteroatoms. The molecule has 0 bridgehead atoms. The van der Waals surface area contributed by atoms with E-state index in [9.17, 15) is 13.2 Å². The molecule has 0 aliphatic carbocycles. The number of hydrogen-bond acceptors (Lipinski definition) is 4. The Kier molecular flexibility index (Phi) is 5.01. The molecule has 112 valence electrons. The van der Waals surface area contributed by atoms with Crippen molar-refractivity contribution in [3.05, 3.63) is 22.7 Å². The Labute approximate surface area is 123 Å². The molecule has 1 amide bonds. The van der Waals surface area contributed by atoms with Crippen LogP contribution in [0, 0.1) is 12.8 Å². The van der Waals surface area contributed by atoms with Gasteiger partial charge >= 0.3 is 0 Å². The average Bonchev–Trinajstić information content (AvgIpc) is 2.31. The lowest BCUT2D eigenvalue weighted by Gasteiger charge is -2.19. The van der Waals surface area contributed by atoms with Gasteiger partial charge in [0, 0.05) is 10.7 Å². The maximum atomic E-state index is 12.2. The fourth-order valence-electron chi connectivity index (χ4n) is 1.59. The fourth-order valence-corrected chi connectivity index (χ4v) is 3.29. The molecule has 0 aromatic heterocycles. The molecule has 0 aliphatic heterocycles. The highest BCUT2D eigenvalue weighted by atomic mass is 35.5. The third kappa shape index (κ3) is 3.62. The predicted octanol–water partition coefficient (Wildman–Crippen LogP) is 1.02. The van der Waals surface area contributed by atoms with E-state index in [1.54, 1.807) is 20.8 Å². The first-order valence-corrected chi connectivity index (χ1v) is 7.79. The topological polar surface area (TPSA) is 115 Å². The second kappa shape index (κ2) is 5.99. The van der Waals surface area contributed by atoms with Crippen LogP contribution in [0.25, 0.3) is 0 Å². The molecular weight excluding hydrogens is 302 g/mol. The zero-order valence-corrected chi connectivity index (χ0v) is 13.0. The molecule has 0 saturated heterocycles. The first kappa shape index (κ1) is 16.7. The molecule has 0 fully saturated rings. The fraction of sp³-hybridized carbons (Fsp3) is 0.417. The van der Waals surface area contributed by atoms with Crippen LogP contribution in [0.15, 0.2) is 17.0 Å². The standard InChI is InChI=1S/C12H18ClN3O3S/c1-6(2)11(12(15)17)16-20(18,19)8-4-9(13)7(3)10(14)5-8/h4-6,11,16H,14H2,1-3H3,(H2,15,17). The summed E-state index contributed by atoms with van der Waals surface area (Å²) in [5.74, 6) is -1.02. The van der Waals surface area contributed by atoms with E-state index < -0.39 is 22.0 Å². The number of carbonyl (C=O) groups excluding carboxylic acids is 1. The van der Waals surface area contributed by atoms with Crippen LogP contribution in [0.1, 0.15) is 19.4 Å². The number of sulfonamides is 1. The highest BCUT2D eigenvalue weighted by molar-refractivity contribution is 7.89. The van der Waals surface area contributed by atoms with Crippen molar-refractivity contribution in [2.75, 3.05) is 5.73 Å². The van der Waals surface area contributed by atoms with E-state index in [0.717, 1.165) is 0 Å². The Hall–Kier alpha value is -1.31. The summed E-state index contributed by atoms with van der Waals surface area (Å²) in [7, 11) is -3.93. The van der Waals surface area contributed by atoms with Crippen LogP contribution in [-0.2, 0) is 14.8 Å². The number of benzene rings is 1. The van der Waals surface area contributed by atoms with Crippen LogP contribution in [0.2, 0.25) is 5.02 Å². The minimum Gasteiger partial charge on any atom is -0.398 e. The molecule has 20 heavy (non-hydrogen) atoms. The quantitative estimate of drug-likeness (QED) is 0.702. The molecule has 1 aromatic carbocycles. The Bertz CT molecular complexity index is 606. The molecule has 0 aliphatic rings. The van der Waals surface area contributed by atoms with Crippen molar-refractivity contribution in [2.24, 2.45) is 11.7 Å². The van der Waals surface area contributed by atoms with Crippen LogP contribution in [0.4, 0.5) is 5.69 Å². The molecule has 0 radical (unpaired) electrons. The Balaban J connectivity index is 3.21. The first-order chi connectivity index (χ1) is 9.06. The number of halogens is 1. The number of primary amides is 1. The van der Waals surface area contributed by atoms with Crippen LogP contribution in [0.3, 0.4) is 0 Å². The van der Waals surface area contributed by atoms with E-state index in [1.807, 2.05) is 0 Å². The summed E-state index contributed by atoms with van der Waals surface area (Å²) in [5, 5.41) is 0.241. The van der Waals surface area contributed by atoms with Gasteiger partial charge in [-0.1, -0.05) is 25.4 Å². The van der Waals surface area contributed by atoms with Gasteiger partial charge in [0.1, 0.15) is 6.04 Å². The van der Waals surface area contributed by atoms with Crippen LogP contribution >= 0.6 is 11.6 Å². The molecule has 0 heterocycles. The van der Waals surface area contributed by atoms with E-state index in [0.29, 0.717) is 5.56 Å². The first-order valence-electron chi connectivity index (χ1n) is 5.93. The van der Waals surface area contributed by atoms with Crippen LogP contribution < -0.4 is 16.2 Å². The van der Waals surface area contributed by atoms with Gasteiger partial charge in [-0.3, -0.25) is 4.79 Å². The summed E-state index contributed by atoms with van der Waals surface area (Å²) in [5.41, 5.74) is 11.8. The van der Waals surface area contributed by atoms with Gasteiger partial charge in [0.2, 0.25) is 15.9 Å². The summed E-state index contributed by atoms with van der Waals surface area (Å²) < 4.78 is 26.7. The van der Waals surface area contributed by atoms with Gasteiger partial charge in [-0.05, 0) is 30.5 Å². The lowest BCUT2D eigenvalue weighted by atomic mass is 10.1. The maximum absolute atomic E-state index is 12.2. The number of carbonyl (C=O) groups is 1. The largest absolute Gasteiger partial charge is 0.398 e. The van der Waals surface area contributed by atoms with Gasteiger partial charge < -0.3 is 11.5 Å². The minimum absolute atomic E-state index is 0.0995. The second-order valence-corrected chi connectivity index (χ2v) is 6.99. The predicted molar refractivity (Wildman–Crippen MR) is 78.7 cm³/mol. The average molecular weight is 320 g/mol. The zero-order chi connectivity index (χ0) is 15.7. The number of amides is 1. The van der Waals surface area contributed by atoms with Gasteiger partial charge in [-0.2, -0.15) is 4.72 Å². The zero-order valence-electron chi connectivity index (χ0n) is 11.5. The van der Waals surface area contributed by atoms with Crippen molar-refractivity contribution in [1.82, 2.24) is 4.72 Å². The summed E-state index contributed by atoms with van der Waals surface area (Å²) in [4.78, 5) is 11.2. The highest BCUT2D eigenvalue weighted by Crippen LogP contribution is 2.26. The van der Waals surface area contributed by atoms with E-state index >= 15 is 0 Å². The molecular formula is C12H18ClN3O3S. The SMILES string of the molecule is Cc1c(N)cc(S(=O)(=O)NC(C(N)=O)C(C)C)cc1Cl. The Morgan fingerprint density at radius 1 is 1.35 bits per heavy atom. The van der Waals surface area contributed by atoms with Gasteiger partial charge in [-0.25, -0.2) is 8.42 Å². The molecule has 1 atom stereocenters. The van der Waals surface area contributed by atoms with Crippen molar-refractivity contribution in [3.63, 3.8) is 0 Å². The van der Waals surface area contributed by atoms with Crippen molar-refractivity contribution >= 4 is 33.2 Å². The summed E-state index contributed by atoms with van der Waals surface area (Å²) in [6, 6.07) is 1.58. The van der Waals surface area contributed by atoms with Crippen molar-refractivity contribution in [2.45, 2.75) is 31.7 Å². The molecule has 5 N–H and O–H groups in total. The Morgan fingerprint density at radius 2 is 1.90 bits per heavy atom. The van der Waals surface area contributed by atoms with E-state index in [4.69, 9.17) is 23.1 Å². The maximum Gasteiger partial charge on any atom is 0.241 e. The summed E-state index contributed by atoms with van der Waals surface area (Å²) >= 11 is 5.92. The van der Waals surface area contributed by atoms with Gasteiger partial charge in [0.15, 0.2) is 0 Å². The molecule has 1 aromatic rings. The van der Waals surface area contributed by atoms with E-state index in [-0.39, 0.29) is 21.5 Å². The van der Waals surface area contributed by atoms with Gasteiger partial charge in [0.25, 0.3) is 0 Å². The second-order valence-electron chi connectivity index (χ2n) is 4.86.